The van der Waals surface area contributed by atoms with Crippen LogP contribution in [0.1, 0.15) is 24.7 Å². The largest absolute Gasteiger partial charge is 0.420 e. The summed E-state index contributed by atoms with van der Waals surface area (Å²) in [5.74, 6) is 1.18. The average molecular weight is 413 g/mol. The number of anilines is 1. The van der Waals surface area contributed by atoms with Crippen molar-refractivity contribution in [2.24, 2.45) is 0 Å². The molecule has 29 heavy (non-hydrogen) atoms. The van der Waals surface area contributed by atoms with Crippen LogP contribution < -0.4 is 5.32 Å². The average Bonchev–Trinajstić information content (AvgIpc) is 3.40. The molecule has 4 rings (SSSR count). The molecule has 1 N–H and O–H groups in total. The molecule has 1 aliphatic heterocycles. The number of rotatable bonds is 6. The number of amides is 1. The second-order valence-electron chi connectivity index (χ2n) is 6.86. The van der Waals surface area contributed by atoms with Crippen LogP contribution in [0.4, 0.5) is 11.4 Å². The lowest BCUT2D eigenvalue weighted by Gasteiger charge is -2.29. The first kappa shape index (κ1) is 19.2. The Balaban J connectivity index is 1.28. The molecule has 0 aliphatic carbocycles. The fourth-order valence-corrected chi connectivity index (χ4v) is 3.97. The number of carbonyl (C=O) groups excluding carboxylic acids is 1. The van der Waals surface area contributed by atoms with Crippen LogP contribution in [-0.2, 0) is 4.79 Å². The lowest BCUT2D eigenvalue weighted by Crippen LogP contribution is -2.38. The normalized spacial score (nSPS) is 15.3. The molecule has 1 fully saturated rings. The standard InChI is InChI=1S/C19H19N5O4S/c25-17(20-15-2-1-3-16(10-15)24(26)27)11-23-7-4-13(5-8-23)18-21-22-19(28-18)14-6-9-29-12-14/h1-3,6,9-10,12-13H,4-5,7-8,11H2,(H,20,25). The number of thiophene rings is 1. The van der Waals surface area contributed by atoms with Gasteiger partial charge in [0.25, 0.3) is 5.69 Å². The summed E-state index contributed by atoms with van der Waals surface area (Å²) < 4.78 is 5.82. The lowest BCUT2D eigenvalue weighted by molar-refractivity contribution is -0.384. The number of carbonyl (C=O) groups is 1. The maximum absolute atomic E-state index is 12.3. The van der Waals surface area contributed by atoms with E-state index in [0.717, 1.165) is 31.5 Å². The Kier molecular flexibility index (Phi) is 5.63. The molecule has 3 aromatic rings. The highest BCUT2D eigenvalue weighted by Crippen LogP contribution is 2.30. The van der Waals surface area contributed by atoms with Gasteiger partial charge >= 0.3 is 0 Å². The second kappa shape index (κ2) is 8.50. The van der Waals surface area contributed by atoms with Gasteiger partial charge < -0.3 is 9.73 Å². The highest BCUT2D eigenvalue weighted by Gasteiger charge is 2.26. The number of nitro groups is 1. The van der Waals surface area contributed by atoms with E-state index in [2.05, 4.69) is 20.4 Å². The van der Waals surface area contributed by atoms with Crippen molar-refractivity contribution in [3.8, 4) is 11.5 Å². The van der Waals surface area contributed by atoms with Gasteiger partial charge in [0.1, 0.15) is 0 Å². The molecule has 0 radical (unpaired) electrons. The number of nitrogens with zero attached hydrogens (tertiary/aromatic N) is 4. The fraction of sp³-hybridized carbons (Fsp3) is 0.316. The van der Waals surface area contributed by atoms with E-state index in [0.29, 0.717) is 17.5 Å². The van der Waals surface area contributed by atoms with E-state index in [1.807, 2.05) is 16.8 Å². The molecule has 3 heterocycles. The van der Waals surface area contributed by atoms with Crippen LogP contribution in [0.5, 0.6) is 0 Å². The van der Waals surface area contributed by atoms with Crippen molar-refractivity contribution in [2.75, 3.05) is 25.0 Å². The number of non-ortho nitro benzene ring substituents is 1. The Bertz CT molecular complexity index is 996. The van der Waals surface area contributed by atoms with Crippen molar-refractivity contribution in [1.82, 2.24) is 15.1 Å². The molecule has 0 saturated carbocycles. The summed E-state index contributed by atoms with van der Waals surface area (Å²) in [6, 6.07) is 7.88. The van der Waals surface area contributed by atoms with Crippen molar-refractivity contribution < 1.29 is 14.1 Å². The van der Waals surface area contributed by atoms with E-state index >= 15 is 0 Å². The third-order valence-electron chi connectivity index (χ3n) is 4.85. The summed E-state index contributed by atoms with van der Waals surface area (Å²) in [5, 5.41) is 25.8. The third kappa shape index (κ3) is 4.66. The maximum atomic E-state index is 12.3. The van der Waals surface area contributed by atoms with E-state index in [4.69, 9.17) is 4.42 Å². The van der Waals surface area contributed by atoms with E-state index in [1.165, 1.54) is 12.1 Å². The van der Waals surface area contributed by atoms with Crippen molar-refractivity contribution in [2.45, 2.75) is 18.8 Å². The van der Waals surface area contributed by atoms with Crippen molar-refractivity contribution in [3.05, 3.63) is 57.1 Å². The molecular weight excluding hydrogens is 394 g/mol. The number of benzene rings is 1. The zero-order chi connectivity index (χ0) is 20.2. The van der Waals surface area contributed by atoms with E-state index < -0.39 is 4.92 Å². The van der Waals surface area contributed by atoms with Gasteiger partial charge in [0, 0.05) is 34.7 Å². The summed E-state index contributed by atoms with van der Waals surface area (Å²) in [7, 11) is 0. The Morgan fingerprint density at radius 3 is 2.86 bits per heavy atom. The van der Waals surface area contributed by atoms with Crippen LogP contribution >= 0.6 is 11.3 Å². The summed E-state index contributed by atoms with van der Waals surface area (Å²) in [5.41, 5.74) is 1.31. The Hall–Kier alpha value is -3.11. The van der Waals surface area contributed by atoms with E-state index in [-0.39, 0.29) is 24.1 Å². The van der Waals surface area contributed by atoms with Crippen LogP contribution in [-0.4, -0.2) is 45.6 Å². The molecule has 2 aromatic heterocycles. The number of nitrogens with one attached hydrogen (secondary N) is 1. The van der Waals surface area contributed by atoms with Gasteiger partial charge in [0.2, 0.25) is 17.7 Å². The molecular formula is C19H19N5O4S. The predicted molar refractivity (Wildman–Crippen MR) is 108 cm³/mol. The van der Waals surface area contributed by atoms with Crippen molar-refractivity contribution >= 4 is 28.6 Å². The minimum absolute atomic E-state index is 0.0509. The lowest BCUT2D eigenvalue weighted by atomic mass is 9.97. The van der Waals surface area contributed by atoms with Crippen LogP contribution in [0.25, 0.3) is 11.5 Å². The first-order chi connectivity index (χ1) is 14.1. The van der Waals surface area contributed by atoms with E-state index in [1.54, 1.807) is 23.5 Å². The highest BCUT2D eigenvalue weighted by molar-refractivity contribution is 7.08. The molecule has 0 atom stereocenters. The quantitative estimate of drug-likeness (QED) is 0.486. The third-order valence-corrected chi connectivity index (χ3v) is 5.54. The minimum Gasteiger partial charge on any atom is -0.420 e. The zero-order valence-corrected chi connectivity index (χ0v) is 16.3. The SMILES string of the molecule is O=C(CN1CCC(c2nnc(-c3ccsc3)o2)CC1)Nc1cccc([N+](=O)[O-])c1. The Labute approximate surface area is 170 Å². The topological polar surface area (TPSA) is 114 Å². The number of nitro benzene ring substituents is 1. The van der Waals surface area contributed by atoms with Crippen LogP contribution in [0.15, 0.2) is 45.5 Å². The van der Waals surface area contributed by atoms with E-state index in [9.17, 15) is 14.9 Å². The van der Waals surface area contributed by atoms with Gasteiger partial charge in [0.05, 0.1) is 11.5 Å². The smallest absolute Gasteiger partial charge is 0.271 e. The second-order valence-corrected chi connectivity index (χ2v) is 7.64. The molecule has 0 unspecified atom stereocenters. The Morgan fingerprint density at radius 2 is 2.14 bits per heavy atom. The number of hydrogen-bond acceptors (Lipinski definition) is 8. The van der Waals surface area contributed by atoms with Crippen LogP contribution in [0.2, 0.25) is 0 Å². The predicted octanol–water partition coefficient (Wildman–Crippen LogP) is 3.52. The number of hydrogen-bond donors (Lipinski definition) is 1. The summed E-state index contributed by atoms with van der Waals surface area (Å²) >= 11 is 1.58. The molecule has 1 aromatic carbocycles. The van der Waals surface area contributed by atoms with Gasteiger partial charge in [-0.05, 0) is 43.4 Å². The summed E-state index contributed by atoms with van der Waals surface area (Å²) in [4.78, 5) is 24.7. The van der Waals surface area contributed by atoms with Gasteiger partial charge in [-0.3, -0.25) is 19.8 Å². The Morgan fingerprint density at radius 1 is 1.31 bits per heavy atom. The maximum Gasteiger partial charge on any atom is 0.271 e. The summed E-state index contributed by atoms with van der Waals surface area (Å²) in [6.07, 6.45) is 1.66. The van der Waals surface area contributed by atoms with Gasteiger partial charge in [-0.25, -0.2) is 0 Å². The molecule has 10 heteroatoms. The minimum atomic E-state index is -0.484. The molecule has 150 valence electrons. The summed E-state index contributed by atoms with van der Waals surface area (Å²) in [6.45, 7) is 1.71. The zero-order valence-electron chi connectivity index (χ0n) is 15.5. The van der Waals surface area contributed by atoms with Gasteiger partial charge in [-0.1, -0.05) is 6.07 Å². The van der Waals surface area contributed by atoms with Gasteiger partial charge in [-0.2, -0.15) is 11.3 Å². The van der Waals surface area contributed by atoms with Crippen LogP contribution in [0.3, 0.4) is 0 Å². The molecule has 0 bridgehead atoms. The number of piperidine rings is 1. The van der Waals surface area contributed by atoms with Crippen molar-refractivity contribution in [3.63, 3.8) is 0 Å². The molecule has 1 saturated heterocycles. The number of likely N-dealkylation sites (tertiary alicyclic amines) is 1. The molecule has 0 spiro atoms. The fourth-order valence-electron chi connectivity index (χ4n) is 3.34. The monoisotopic (exact) mass is 413 g/mol. The van der Waals surface area contributed by atoms with Crippen LogP contribution in [0, 0.1) is 10.1 Å². The van der Waals surface area contributed by atoms with Gasteiger partial charge in [-0.15, -0.1) is 10.2 Å². The first-order valence-electron chi connectivity index (χ1n) is 9.21. The molecule has 1 amide bonds. The number of aromatic nitrogens is 2. The first-order valence-corrected chi connectivity index (χ1v) is 10.2. The van der Waals surface area contributed by atoms with Crippen molar-refractivity contribution in [1.29, 1.82) is 0 Å². The molecule has 1 aliphatic rings. The van der Waals surface area contributed by atoms with Gasteiger partial charge in [0.15, 0.2) is 0 Å². The molecule has 9 nitrogen and oxygen atoms in total. The highest BCUT2D eigenvalue weighted by atomic mass is 32.1.